The van der Waals surface area contributed by atoms with Crippen LogP contribution in [0, 0.1) is 6.92 Å². The summed E-state index contributed by atoms with van der Waals surface area (Å²) in [5.74, 6) is 0.0573. The first-order valence-electron chi connectivity index (χ1n) is 8.00. The number of aryl methyl sites for hydroxylation is 1. The lowest BCUT2D eigenvalue weighted by atomic mass is 10.1. The number of H-pyrrole nitrogens is 1. The van der Waals surface area contributed by atoms with E-state index in [9.17, 15) is 9.59 Å². The van der Waals surface area contributed by atoms with E-state index in [1.165, 1.54) is 18.4 Å². The Morgan fingerprint density at radius 1 is 1.38 bits per heavy atom. The first-order chi connectivity index (χ1) is 12.4. The highest BCUT2D eigenvalue weighted by Crippen LogP contribution is 2.27. The fraction of sp³-hybridized carbons (Fsp3) is 0.278. The number of halogens is 1. The molecule has 0 spiro atoms. The van der Waals surface area contributed by atoms with Gasteiger partial charge in [0.1, 0.15) is 15.5 Å². The first-order valence-corrected chi connectivity index (χ1v) is 9.19. The van der Waals surface area contributed by atoms with Crippen LogP contribution in [-0.2, 0) is 11.3 Å². The molecule has 1 atom stereocenters. The highest BCUT2D eigenvalue weighted by molar-refractivity contribution is 7.20. The molecule has 0 aliphatic carbocycles. The van der Waals surface area contributed by atoms with Crippen LogP contribution in [0.2, 0.25) is 5.02 Å². The molecule has 0 saturated carbocycles. The minimum absolute atomic E-state index is 0.0592. The summed E-state index contributed by atoms with van der Waals surface area (Å²) in [6, 6.07) is 7.63. The number of thiophene rings is 1. The van der Waals surface area contributed by atoms with Gasteiger partial charge in [-0.1, -0.05) is 23.7 Å². The molecule has 2 aromatic heterocycles. The van der Waals surface area contributed by atoms with Crippen molar-refractivity contribution in [1.82, 2.24) is 15.3 Å². The Hall–Kier alpha value is -2.22. The van der Waals surface area contributed by atoms with E-state index in [-0.39, 0.29) is 11.6 Å². The van der Waals surface area contributed by atoms with Crippen LogP contribution in [-0.4, -0.2) is 23.0 Å². The van der Waals surface area contributed by atoms with E-state index in [1.54, 1.807) is 6.92 Å². The molecule has 0 radical (unpaired) electrons. The van der Waals surface area contributed by atoms with E-state index in [1.807, 2.05) is 31.2 Å². The van der Waals surface area contributed by atoms with Gasteiger partial charge in [-0.2, -0.15) is 0 Å². The van der Waals surface area contributed by atoms with Crippen molar-refractivity contribution in [2.45, 2.75) is 26.4 Å². The summed E-state index contributed by atoms with van der Waals surface area (Å²) in [6.45, 7) is 4.13. The van der Waals surface area contributed by atoms with Gasteiger partial charge in [-0.3, -0.25) is 4.79 Å². The fourth-order valence-corrected chi connectivity index (χ4v) is 3.92. The lowest BCUT2D eigenvalue weighted by Gasteiger charge is -2.14. The second-order valence-corrected chi connectivity index (χ2v) is 7.33. The molecule has 2 heterocycles. The fourth-order valence-electron chi connectivity index (χ4n) is 2.68. The maximum Gasteiger partial charge on any atom is 0.348 e. The summed E-state index contributed by atoms with van der Waals surface area (Å²) < 4.78 is 4.76. The van der Waals surface area contributed by atoms with Crippen molar-refractivity contribution in [2.75, 3.05) is 7.11 Å². The summed E-state index contributed by atoms with van der Waals surface area (Å²) in [7, 11) is 1.32. The van der Waals surface area contributed by atoms with Crippen LogP contribution in [0.5, 0.6) is 0 Å². The van der Waals surface area contributed by atoms with Crippen LogP contribution in [0.3, 0.4) is 0 Å². The quantitative estimate of drug-likeness (QED) is 0.649. The minimum atomic E-state index is -0.457. The molecule has 26 heavy (non-hydrogen) atoms. The van der Waals surface area contributed by atoms with Gasteiger partial charge in [0, 0.05) is 11.1 Å². The Labute approximate surface area is 159 Å². The number of aromatic amines is 1. The number of esters is 1. The summed E-state index contributed by atoms with van der Waals surface area (Å²) in [5, 5.41) is 4.44. The lowest BCUT2D eigenvalue weighted by Crippen LogP contribution is -2.22. The SMILES string of the molecule is COC(=O)c1sc2nc(CN[C@@H](C)c3ccc(Cl)cc3)[nH]c(=O)c2c1C. The average molecular weight is 392 g/mol. The molecule has 6 nitrogen and oxygen atoms in total. The number of hydrogen-bond acceptors (Lipinski definition) is 6. The van der Waals surface area contributed by atoms with E-state index >= 15 is 0 Å². The minimum Gasteiger partial charge on any atom is -0.465 e. The molecule has 136 valence electrons. The normalized spacial score (nSPS) is 12.3. The number of benzene rings is 1. The van der Waals surface area contributed by atoms with E-state index in [0.29, 0.717) is 38.0 Å². The van der Waals surface area contributed by atoms with Crippen molar-refractivity contribution in [3.63, 3.8) is 0 Å². The number of ether oxygens (including phenoxy) is 1. The average Bonchev–Trinajstić information content (AvgIpc) is 2.96. The first kappa shape index (κ1) is 18.6. The maximum atomic E-state index is 12.4. The zero-order valence-electron chi connectivity index (χ0n) is 14.6. The summed E-state index contributed by atoms with van der Waals surface area (Å²) in [4.78, 5) is 32.4. The van der Waals surface area contributed by atoms with Gasteiger partial charge in [0.25, 0.3) is 5.56 Å². The van der Waals surface area contributed by atoms with Crippen LogP contribution in [0.4, 0.5) is 0 Å². The van der Waals surface area contributed by atoms with E-state index in [4.69, 9.17) is 16.3 Å². The van der Waals surface area contributed by atoms with Crippen LogP contribution < -0.4 is 10.9 Å². The third-order valence-electron chi connectivity index (χ3n) is 4.17. The van der Waals surface area contributed by atoms with Gasteiger partial charge in [0.15, 0.2) is 0 Å². The van der Waals surface area contributed by atoms with Crippen LogP contribution in [0.25, 0.3) is 10.2 Å². The number of methoxy groups -OCH3 is 1. The number of aromatic nitrogens is 2. The number of hydrogen-bond donors (Lipinski definition) is 2. The van der Waals surface area contributed by atoms with Gasteiger partial charge in [-0.25, -0.2) is 9.78 Å². The molecule has 2 N–H and O–H groups in total. The molecule has 8 heteroatoms. The van der Waals surface area contributed by atoms with Crippen molar-refractivity contribution < 1.29 is 9.53 Å². The zero-order chi connectivity index (χ0) is 18.8. The second kappa shape index (κ2) is 7.57. The van der Waals surface area contributed by atoms with Gasteiger partial charge in [0.2, 0.25) is 0 Å². The summed E-state index contributed by atoms with van der Waals surface area (Å²) >= 11 is 7.08. The highest BCUT2D eigenvalue weighted by Gasteiger charge is 2.19. The van der Waals surface area contributed by atoms with Gasteiger partial charge in [-0.15, -0.1) is 11.3 Å². The summed E-state index contributed by atoms with van der Waals surface area (Å²) in [6.07, 6.45) is 0. The molecule has 0 aliphatic rings. The van der Waals surface area contributed by atoms with E-state index in [2.05, 4.69) is 15.3 Å². The number of nitrogens with one attached hydrogen (secondary N) is 2. The number of nitrogens with zero attached hydrogens (tertiary/aromatic N) is 1. The third kappa shape index (κ3) is 3.65. The van der Waals surface area contributed by atoms with Crippen molar-refractivity contribution in [3.05, 3.63) is 61.5 Å². The van der Waals surface area contributed by atoms with Crippen molar-refractivity contribution in [3.8, 4) is 0 Å². The standard InChI is InChI=1S/C18H18ClN3O3S/c1-9-14-16(23)21-13(22-17(14)26-15(9)18(24)25-3)8-20-10(2)11-4-6-12(19)7-5-11/h4-7,10,20H,8H2,1-3H3,(H,21,22,23)/t10-/m0/s1. The Morgan fingerprint density at radius 2 is 2.08 bits per heavy atom. The lowest BCUT2D eigenvalue weighted by molar-refractivity contribution is 0.0605. The van der Waals surface area contributed by atoms with E-state index in [0.717, 1.165) is 5.56 Å². The van der Waals surface area contributed by atoms with Crippen LogP contribution in [0.1, 0.15) is 39.6 Å². The Morgan fingerprint density at radius 3 is 2.73 bits per heavy atom. The van der Waals surface area contributed by atoms with Crippen LogP contribution in [0.15, 0.2) is 29.1 Å². The Kier molecular flexibility index (Phi) is 5.41. The third-order valence-corrected chi connectivity index (χ3v) is 5.58. The van der Waals surface area contributed by atoms with Crippen LogP contribution >= 0.6 is 22.9 Å². The topological polar surface area (TPSA) is 84.1 Å². The Balaban J connectivity index is 1.83. The van der Waals surface area contributed by atoms with Gasteiger partial charge in [-0.05, 0) is 37.1 Å². The molecular weight excluding hydrogens is 374 g/mol. The number of rotatable bonds is 5. The van der Waals surface area contributed by atoms with Crippen molar-refractivity contribution in [1.29, 1.82) is 0 Å². The predicted octanol–water partition coefficient (Wildman–Crippen LogP) is 3.58. The van der Waals surface area contributed by atoms with E-state index < -0.39 is 5.97 Å². The number of carbonyl (C=O) groups is 1. The van der Waals surface area contributed by atoms with Crippen molar-refractivity contribution >= 4 is 39.1 Å². The Bertz CT molecular complexity index is 1010. The second-order valence-electron chi connectivity index (χ2n) is 5.89. The molecule has 0 bridgehead atoms. The number of carbonyl (C=O) groups excluding carboxylic acids is 1. The maximum absolute atomic E-state index is 12.4. The smallest absolute Gasteiger partial charge is 0.348 e. The van der Waals surface area contributed by atoms with Gasteiger partial charge >= 0.3 is 5.97 Å². The predicted molar refractivity (Wildman–Crippen MR) is 103 cm³/mol. The molecule has 1 aromatic carbocycles. The molecule has 0 amide bonds. The molecule has 0 aliphatic heterocycles. The largest absolute Gasteiger partial charge is 0.465 e. The van der Waals surface area contributed by atoms with Crippen molar-refractivity contribution in [2.24, 2.45) is 0 Å². The molecular formula is C18H18ClN3O3S. The highest BCUT2D eigenvalue weighted by atomic mass is 35.5. The molecule has 0 fully saturated rings. The number of fused-ring (bicyclic) bond motifs is 1. The molecule has 0 unspecified atom stereocenters. The molecule has 3 rings (SSSR count). The van der Waals surface area contributed by atoms with Gasteiger partial charge in [0.05, 0.1) is 19.0 Å². The van der Waals surface area contributed by atoms with Gasteiger partial charge < -0.3 is 15.0 Å². The zero-order valence-corrected chi connectivity index (χ0v) is 16.1. The molecule has 3 aromatic rings. The summed E-state index contributed by atoms with van der Waals surface area (Å²) in [5.41, 5.74) is 1.42. The molecule has 0 saturated heterocycles. The monoisotopic (exact) mass is 391 g/mol.